The predicted octanol–water partition coefficient (Wildman–Crippen LogP) is 8.36. The second-order valence-corrected chi connectivity index (χ2v) is 8.84. The lowest BCUT2D eigenvalue weighted by molar-refractivity contribution is 0.539. The molecule has 0 N–H and O–H groups in total. The highest BCUT2D eigenvalue weighted by atomic mass is 15.1. The second-order valence-electron chi connectivity index (χ2n) is 8.84. The molecular weight excluding hydrogens is 388 g/mol. The Morgan fingerprint density at radius 2 is 1.16 bits per heavy atom. The number of nitrogens with zero attached hydrogens (tertiary/aromatic N) is 2. The molecule has 1 heterocycles. The Kier molecular flexibility index (Phi) is 8.14. The van der Waals surface area contributed by atoms with Gasteiger partial charge < -0.3 is 4.57 Å². The lowest BCUT2D eigenvalue weighted by Crippen LogP contribution is -2.12. The summed E-state index contributed by atoms with van der Waals surface area (Å²) in [5, 5.41) is 0. The zero-order valence-corrected chi connectivity index (χ0v) is 19.4. The number of imidazole rings is 1. The molecule has 32 heavy (non-hydrogen) atoms. The summed E-state index contributed by atoms with van der Waals surface area (Å²) in [6.07, 6.45) is 10.7. The first-order valence-corrected chi connectivity index (χ1v) is 12.4. The van der Waals surface area contributed by atoms with Gasteiger partial charge in [-0.15, -0.1) is 0 Å². The van der Waals surface area contributed by atoms with Gasteiger partial charge in [-0.05, 0) is 29.7 Å². The molecule has 0 amide bonds. The Balaban J connectivity index is 1.59. The van der Waals surface area contributed by atoms with E-state index in [-0.39, 0.29) is 5.92 Å². The first kappa shape index (κ1) is 22.3. The van der Waals surface area contributed by atoms with Gasteiger partial charge in [0.25, 0.3) is 0 Å². The number of rotatable bonds is 12. The number of aryl methyl sites for hydroxylation is 1. The van der Waals surface area contributed by atoms with Crippen LogP contribution in [0.2, 0.25) is 0 Å². The fourth-order valence-electron chi connectivity index (χ4n) is 4.73. The molecule has 2 heteroatoms. The number of para-hydroxylation sites is 2. The molecule has 0 saturated carbocycles. The SMILES string of the molecule is CCCCCCCCCCn1c(C(c2ccccc2)c2ccccc2)nc2ccccc21. The Labute approximate surface area is 193 Å². The lowest BCUT2D eigenvalue weighted by Gasteiger charge is -2.20. The third-order valence-corrected chi connectivity index (χ3v) is 6.44. The minimum absolute atomic E-state index is 0.138. The van der Waals surface area contributed by atoms with Gasteiger partial charge in [0.15, 0.2) is 0 Å². The topological polar surface area (TPSA) is 17.8 Å². The van der Waals surface area contributed by atoms with E-state index in [0.29, 0.717) is 0 Å². The van der Waals surface area contributed by atoms with Gasteiger partial charge in [-0.1, -0.05) is 125 Å². The molecule has 2 nitrogen and oxygen atoms in total. The van der Waals surface area contributed by atoms with E-state index in [1.54, 1.807) is 0 Å². The molecule has 0 fully saturated rings. The minimum atomic E-state index is 0.138. The predicted molar refractivity (Wildman–Crippen MR) is 136 cm³/mol. The van der Waals surface area contributed by atoms with Crippen LogP contribution in [0.5, 0.6) is 0 Å². The molecule has 0 aliphatic rings. The maximum atomic E-state index is 5.18. The highest BCUT2D eigenvalue weighted by Gasteiger charge is 2.23. The van der Waals surface area contributed by atoms with Gasteiger partial charge >= 0.3 is 0 Å². The van der Waals surface area contributed by atoms with Crippen molar-refractivity contribution in [3.05, 3.63) is 102 Å². The second kappa shape index (κ2) is 11.7. The highest BCUT2D eigenvalue weighted by molar-refractivity contribution is 5.76. The van der Waals surface area contributed by atoms with Crippen LogP contribution in [0.15, 0.2) is 84.9 Å². The summed E-state index contributed by atoms with van der Waals surface area (Å²) in [5.41, 5.74) is 4.94. The molecule has 0 radical (unpaired) electrons. The lowest BCUT2D eigenvalue weighted by atomic mass is 9.90. The van der Waals surface area contributed by atoms with Gasteiger partial charge in [0.2, 0.25) is 0 Å². The van der Waals surface area contributed by atoms with E-state index in [4.69, 9.17) is 4.98 Å². The van der Waals surface area contributed by atoms with Crippen molar-refractivity contribution >= 4 is 11.0 Å². The summed E-state index contributed by atoms with van der Waals surface area (Å²) in [6, 6.07) is 30.3. The van der Waals surface area contributed by atoms with Gasteiger partial charge in [0.1, 0.15) is 5.82 Å². The van der Waals surface area contributed by atoms with Crippen LogP contribution in [0.25, 0.3) is 11.0 Å². The molecule has 4 aromatic rings. The molecule has 0 bridgehead atoms. The number of hydrogen-bond acceptors (Lipinski definition) is 1. The average Bonchev–Trinajstić information content (AvgIpc) is 3.20. The molecule has 4 rings (SSSR count). The molecule has 0 aliphatic heterocycles. The Hall–Kier alpha value is -2.87. The average molecular weight is 425 g/mol. The molecule has 0 spiro atoms. The number of benzene rings is 3. The molecule has 0 unspecified atom stereocenters. The standard InChI is InChI=1S/C30H36N2/c1-2-3-4-5-6-7-8-17-24-32-28-23-16-15-22-27(28)31-30(32)29(25-18-11-9-12-19-25)26-20-13-10-14-21-26/h9-16,18-23,29H,2-8,17,24H2,1H3. The molecular formula is C30H36N2. The van der Waals surface area contributed by atoms with Crippen molar-refractivity contribution in [2.45, 2.75) is 70.8 Å². The highest BCUT2D eigenvalue weighted by Crippen LogP contribution is 2.33. The van der Waals surface area contributed by atoms with Crippen molar-refractivity contribution < 1.29 is 0 Å². The van der Waals surface area contributed by atoms with E-state index in [1.807, 2.05) is 0 Å². The smallest absolute Gasteiger partial charge is 0.121 e. The van der Waals surface area contributed by atoms with Crippen molar-refractivity contribution in [2.24, 2.45) is 0 Å². The van der Waals surface area contributed by atoms with Gasteiger partial charge in [-0.25, -0.2) is 4.98 Å². The first-order valence-electron chi connectivity index (χ1n) is 12.4. The fraction of sp³-hybridized carbons (Fsp3) is 0.367. The normalized spacial score (nSPS) is 11.4. The first-order chi connectivity index (χ1) is 15.9. The van der Waals surface area contributed by atoms with Crippen LogP contribution >= 0.6 is 0 Å². The molecule has 1 aromatic heterocycles. The van der Waals surface area contributed by atoms with Gasteiger partial charge in [0, 0.05) is 6.54 Å². The maximum absolute atomic E-state index is 5.18. The summed E-state index contributed by atoms with van der Waals surface area (Å²) < 4.78 is 2.48. The van der Waals surface area contributed by atoms with Crippen LogP contribution in [0.4, 0.5) is 0 Å². The summed E-state index contributed by atoms with van der Waals surface area (Å²) in [7, 11) is 0. The van der Waals surface area contributed by atoms with E-state index in [9.17, 15) is 0 Å². The van der Waals surface area contributed by atoms with Crippen molar-refractivity contribution in [1.29, 1.82) is 0 Å². The quantitative estimate of drug-likeness (QED) is 0.209. The maximum Gasteiger partial charge on any atom is 0.121 e. The van der Waals surface area contributed by atoms with Gasteiger partial charge in [-0.2, -0.15) is 0 Å². The van der Waals surface area contributed by atoms with E-state index >= 15 is 0 Å². The molecule has 3 aromatic carbocycles. The van der Waals surface area contributed by atoms with Gasteiger partial charge in [0.05, 0.1) is 17.0 Å². The molecule has 0 atom stereocenters. The van der Waals surface area contributed by atoms with Crippen LogP contribution < -0.4 is 0 Å². The van der Waals surface area contributed by atoms with Crippen molar-refractivity contribution in [3.63, 3.8) is 0 Å². The van der Waals surface area contributed by atoms with Gasteiger partial charge in [-0.3, -0.25) is 0 Å². The van der Waals surface area contributed by atoms with Crippen LogP contribution in [0, 0.1) is 0 Å². The molecule has 0 aliphatic carbocycles. The minimum Gasteiger partial charge on any atom is -0.327 e. The Morgan fingerprint density at radius 1 is 0.625 bits per heavy atom. The van der Waals surface area contributed by atoms with Crippen LogP contribution in [-0.2, 0) is 6.54 Å². The largest absolute Gasteiger partial charge is 0.327 e. The Morgan fingerprint density at radius 3 is 1.78 bits per heavy atom. The summed E-state index contributed by atoms with van der Waals surface area (Å²) >= 11 is 0. The number of hydrogen-bond donors (Lipinski definition) is 0. The van der Waals surface area contributed by atoms with E-state index in [1.165, 1.54) is 68.0 Å². The summed E-state index contributed by atoms with van der Waals surface area (Å²) in [5.74, 6) is 1.30. The van der Waals surface area contributed by atoms with E-state index in [0.717, 1.165) is 17.9 Å². The third kappa shape index (κ3) is 5.48. The molecule has 166 valence electrons. The summed E-state index contributed by atoms with van der Waals surface area (Å²) in [6.45, 7) is 3.31. The number of aromatic nitrogens is 2. The Bertz CT molecular complexity index is 1030. The fourth-order valence-corrected chi connectivity index (χ4v) is 4.73. The van der Waals surface area contributed by atoms with Crippen LogP contribution in [0.3, 0.4) is 0 Å². The van der Waals surface area contributed by atoms with E-state index in [2.05, 4.69) is 96.4 Å². The monoisotopic (exact) mass is 424 g/mol. The number of unbranched alkanes of at least 4 members (excludes halogenated alkanes) is 7. The van der Waals surface area contributed by atoms with Crippen LogP contribution in [0.1, 0.15) is 81.2 Å². The number of fused-ring (bicyclic) bond motifs is 1. The zero-order chi connectivity index (χ0) is 22.0. The van der Waals surface area contributed by atoms with E-state index < -0.39 is 0 Å². The third-order valence-electron chi connectivity index (χ3n) is 6.44. The summed E-state index contributed by atoms with van der Waals surface area (Å²) in [4.78, 5) is 5.18. The van der Waals surface area contributed by atoms with Crippen LogP contribution in [-0.4, -0.2) is 9.55 Å². The zero-order valence-electron chi connectivity index (χ0n) is 19.4. The van der Waals surface area contributed by atoms with Crippen molar-refractivity contribution in [3.8, 4) is 0 Å². The van der Waals surface area contributed by atoms with Crippen molar-refractivity contribution in [1.82, 2.24) is 9.55 Å². The molecule has 0 saturated heterocycles. The van der Waals surface area contributed by atoms with Crippen molar-refractivity contribution in [2.75, 3.05) is 0 Å².